The Hall–Kier alpha value is -6.34. The fourth-order valence-electron chi connectivity index (χ4n) is 8.71. The highest BCUT2D eigenvalue weighted by atomic mass is 32.1. The van der Waals surface area contributed by atoms with Crippen molar-refractivity contribution in [3.63, 3.8) is 0 Å². The second-order valence-electron chi connectivity index (χ2n) is 15.7. The van der Waals surface area contributed by atoms with Crippen LogP contribution in [0, 0.1) is 0 Å². The Balaban J connectivity index is 0.961. The number of amides is 3. The number of benzene rings is 5. The molecule has 0 saturated heterocycles. The van der Waals surface area contributed by atoms with Crippen molar-refractivity contribution < 1.29 is 33.3 Å². The van der Waals surface area contributed by atoms with Crippen LogP contribution in [0.2, 0.25) is 0 Å². The summed E-state index contributed by atoms with van der Waals surface area (Å²) in [4.78, 5) is 44.7. The number of hydrogen-bond donors (Lipinski definition) is 4. The molecule has 0 radical (unpaired) electrons. The molecule has 3 amide bonds. The summed E-state index contributed by atoms with van der Waals surface area (Å²) in [6.07, 6.45) is 2.51. The van der Waals surface area contributed by atoms with Gasteiger partial charge in [0, 0.05) is 48.7 Å². The van der Waals surface area contributed by atoms with Gasteiger partial charge in [0.15, 0.2) is 23.0 Å². The van der Waals surface area contributed by atoms with Crippen molar-refractivity contribution in [1.82, 2.24) is 0 Å². The number of anilines is 5. The van der Waals surface area contributed by atoms with Crippen LogP contribution < -0.4 is 44.7 Å². The third-order valence-electron chi connectivity index (χ3n) is 11.6. The summed E-state index contributed by atoms with van der Waals surface area (Å²) in [7, 11) is 3.11. The molecule has 0 fully saturated rings. The third-order valence-corrected chi connectivity index (χ3v) is 11.9. The molecule has 5 aromatic rings. The number of nitrogens with one attached hydrogen (secondary N) is 3. The van der Waals surface area contributed by atoms with Crippen LogP contribution in [-0.4, -0.2) is 62.4 Å². The fraction of sp³-hybridized carbons (Fsp3) is 0.298. The molecule has 13 heteroatoms. The zero-order chi connectivity index (χ0) is 41.5. The van der Waals surface area contributed by atoms with Crippen LogP contribution in [0.1, 0.15) is 62.7 Å². The molecule has 4 aliphatic heterocycles. The molecule has 9 rings (SSSR count). The van der Waals surface area contributed by atoms with E-state index in [-0.39, 0.29) is 48.3 Å². The highest BCUT2D eigenvalue weighted by Crippen LogP contribution is 2.42. The van der Waals surface area contributed by atoms with Crippen LogP contribution in [-0.2, 0) is 30.8 Å². The normalized spacial score (nSPS) is 17.6. The van der Waals surface area contributed by atoms with E-state index in [2.05, 4.69) is 40.7 Å². The monoisotopic (exact) mass is 825 g/mol. The number of carbonyl (C=O) groups excluding carboxylic acids is 3. The maximum Gasteiger partial charge on any atom is 0.260 e. The van der Waals surface area contributed by atoms with Gasteiger partial charge >= 0.3 is 0 Å². The van der Waals surface area contributed by atoms with Crippen LogP contribution in [0.3, 0.4) is 0 Å². The first-order valence-corrected chi connectivity index (χ1v) is 20.8. The van der Waals surface area contributed by atoms with Gasteiger partial charge in [-0.2, -0.15) is 12.6 Å². The minimum absolute atomic E-state index is 0.00683. The molecule has 0 bridgehead atoms. The van der Waals surface area contributed by atoms with Gasteiger partial charge in [-0.15, -0.1) is 0 Å². The van der Waals surface area contributed by atoms with E-state index in [0.717, 1.165) is 46.5 Å². The second kappa shape index (κ2) is 16.4. The Labute approximate surface area is 354 Å². The summed E-state index contributed by atoms with van der Waals surface area (Å²) in [5.41, 5.74) is 8.70. The minimum Gasteiger partial charge on any atom is -0.493 e. The van der Waals surface area contributed by atoms with Crippen molar-refractivity contribution in [3.05, 3.63) is 124 Å². The standard InChI is InChI=1S/C47H47N5O7S/c1-27(60)12-13-45(53)50-32-15-28(25-58-43-21-37-35(19-41(43)56-2)46(54)51-33(23-48-37)17-30-8-4-6-10-39(30)51)14-29(16-32)26-59-44-22-38-36(20-42(44)57-3)47(55)52-34(24-49-38)18-31-9-5-7-11-40(31)52/h4-11,14-16,19-22,27,33-34,48-49,60H,12-13,17-18,23-26H2,1-3H3,(H,50,53)/t27?,33-,34-/m0/s1. The second-order valence-corrected chi connectivity index (χ2v) is 16.6. The van der Waals surface area contributed by atoms with Gasteiger partial charge in [0.1, 0.15) is 13.2 Å². The summed E-state index contributed by atoms with van der Waals surface area (Å²) < 4.78 is 24.4. The number of fused-ring (bicyclic) bond motifs is 8. The van der Waals surface area contributed by atoms with Gasteiger partial charge in [-0.1, -0.05) is 43.3 Å². The minimum atomic E-state index is -0.126. The molecule has 0 spiro atoms. The van der Waals surface area contributed by atoms with Crippen molar-refractivity contribution in [3.8, 4) is 23.0 Å². The Morgan fingerprint density at radius 2 is 1.20 bits per heavy atom. The van der Waals surface area contributed by atoms with Gasteiger partial charge < -0.3 is 44.7 Å². The van der Waals surface area contributed by atoms with Crippen molar-refractivity contribution in [1.29, 1.82) is 0 Å². The SMILES string of the molecule is COc1cc2c(cc1OCc1cc(COc3cc4c(cc3OC)C(=O)N3c5ccccc5C[C@H]3CN4)cc(NC(=O)CCC(C)S)c1)NC[C@@H]1Cc3ccccc3N1C2=O. The molecule has 3 N–H and O–H groups in total. The van der Waals surface area contributed by atoms with E-state index in [4.69, 9.17) is 18.9 Å². The van der Waals surface area contributed by atoms with Gasteiger partial charge in [-0.05, 0) is 89.2 Å². The number of thiol groups is 1. The average molecular weight is 826 g/mol. The smallest absolute Gasteiger partial charge is 0.260 e. The van der Waals surface area contributed by atoms with E-state index in [1.807, 2.05) is 83.5 Å². The summed E-state index contributed by atoms with van der Waals surface area (Å²) in [6, 6.07) is 28.9. The van der Waals surface area contributed by atoms with Crippen LogP contribution in [0.25, 0.3) is 0 Å². The number of nitrogens with zero attached hydrogens (tertiary/aromatic N) is 2. The van der Waals surface area contributed by atoms with Gasteiger partial charge in [0.25, 0.3) is 11.8 Å². The molecular formula is C47H47N5O7S. The molecule has 3 atom stereocenters. The van der Waals surface area contributed by atoms with Crippen LogP contribution in [0.15, 0.2) is 91.0 Å². The maximum absolute atomic E-state index is 14.0. The largest absolute Gasteiger partial charge is 0.493 e. The zero-order valence-electron chi connectivity index (χ0n) is 33.7. The van der Waals surface area contributed by atoms with E-state index in [1.54, 1.807) is 26.4 Å². The number of carbonyl (C=O) groups is 3. The Bertz CT molecular complexity index is 2350. The zero-order valence-corrected chi connectivity index (χ0v) is 34.6. The molecular weight excluding hydrogens is 779 g/mol. The number of para-hydroxylation sites is 2. The lowest BCUT2D eigenvalue weighted by Gasteiger charge is -2.23. The highest BCUT2D eigenvalue weighted by molar-refractivity contribution is 7.80. The number of ether oxygens (including phenoxy) is 4. The lowest BCUT2D eigenvalue weighted by atomic mass is 10.1. The predicted octanol–water partition coefficient (Wildman–Crippen LogP) is 7.89. The molecule has 0 aliphatic carbocycles. The molecule has 4 heterocycles. The molecule has 0 aromatic heterocycles. The van der Waals surface area contributed by atoms with Crippen LogP contribution in [0.5, 0.6) is 23.0 Å². The van der Waals surface area contributed by atoms with Crippen molar-refractivity contribution in [2.75, 3.05) is 53.1 Å². The predicted molar refractivity (Wildman–Crippen MR) is 236 cm³/mol. The van der Waals surface area contributed by atoms with Crippen molar-refractivity contribution in [2.45, 2.75) is 63.2 Å². The Morgan fingerprint density at radius 1 is 0.717 bits per heavy atom. The first-order valence-electron chi connectivity index (χ1n) is 20.3. The first-order chi connectivity index (χ1) is 29.2. The van der Waals surface area contributed by atoms with E-state index < -0.39 is 0 Å². The van der Waals surface area contributed by atoms with Gasteiger partial charge in [0.05, 0.1) is 48.8 Å². The van der Waals surface area contributed by atoms with Crippen LogP contribution >= 0.6 is 12.6 Å². The summed E-state index contributed by atoms with van der Waals surface area (Å²) >= 11 is 4.44. The summed E-state index contributed by atoms with van der Waals surface area (Å²) in [6.45, 7) is 3.39. The van der Waals surface area contributed by atoms with Crippen molar-refractivity contribution >= 4 is 58.8 Å². The molecule has 308 valence electrons. The third kappa shape index (κ3) is 7.53. The number of hydrogen-bond acceptors (Lipinski definition) is 10. The van der Waals surface area contributed by atoms with Gasteiger partial charge in [-0.25, -0.2) is 0 Å². The molecule has 60 heavy (non-hydrogen) atoms. The average Bonchev–Trinajstić information content (AvgIpc) is 3.75. The first kappa shape index (κ1) is 39.1. The van der Waals surface area contributed by atoms with E-state index in [9.17, 15) is 14.4 Å². The number of rotatable bonds is 12. The number of methoxy groups -OCH3 is 2. The highest BCUT2D eigenvalue weighted by Gasteiger charge is 2.39. The maximum atomic E-state index is 14.0. The lowest BCUT2D eigenvalue weighted by molar-refractivity contribution is -0.116. The van der Waals surface area contributed by atoms with Crippen LogP contribution in [0.4, 0.5) is 28.4 Å². The Morgan fingerprint density at radius 3 is 1.67 bits per heavy atom. The van der Waals surface area contributed by atoms with E-state index >= 15 is 0 Å². The fourth-order valence-corrected chi connectivity index (χ4v) is 8.84. The Kier molecular flexibility index (Phi) is 10.7. The van der Waals surface area contributed by atoms with Gasteiger partial charge in [-0.3, -0.25) is 14.4 Å². The lowest BCUT2D eigenvalue weighted by Crippen LogP contribution is -2.39. The van der Waals surface area contributed by atoms with Gasteiger partial charge in [0.2, 0.25) is 5.91 Å². The summed E-state index contributed by atoms with van der Waals surface area (Å²) in [5, 5.41) is 10.1. The summed E-state index contributed by atoms with van der Waals surface area (Å²) in [5.74, 6) is 1.49. The molecule has 5 aromatic carbocycles. The molecule has 12 nitrogen and oxygen atoms in total. The topological polar surface area (TPSA) is 131 Å². The molecule has 4 aliphatic rings. The van der Waals surface area contributed by atoms with E-state index in [0.29, 0.717) is 77.1 Å². The quantitative estimate of drug-likeness (QED) is 0.0929. The van der Waals surface area contributed by atoms with Crippen molar-refractivity contribution in [2.24, 2.45) is 0 Å². The molecule has 0 saturated carbocycles. The van der Waals surface area contributed by atoms with E-state index in [1.165, 1.54) is 0 Å². The molecule has 1 unspecified atom stereocenters.